The molecule has 9 heteroatoms. The first kappa shape index (κ1) is 28.1. The van der Waals surface area contributed by atoms with Gasteiger partial charge in [0.25, 0.3) is 5.91 Å². The molecule has 0 aliphatic carbocycles. The van der Waals surface area contributed by atoms with Crippen LogP contribution in [-0.2, 0) is 14.3 Å². The maximum atomic E-state index is 13.6. The molecule has 0 radical (unpaired) electrons. The lowest BCUT2D eigenvalue weighted by Gasteiger charge is -2.24. The Labute approximate surface area is 223 Å². The monoisotopic (exact) mass is 525 g/mol. The number of rotatable bonds is 13. The van der Waals surface area contributed by atoms with Gasteiger partial charge >= 0.3 is 5.97 Å². The van der Waals surface area contributed by atoms with Crippen molar-refractivity contribution in [3.8, 4) is 5.75 Å². The zero-order valence-electron chi connectivity index (χ0n) is 21.7. The van der Waals surface area contributed by atoms with Crippen LogP contribution in [0.15, 0.2) is 48.5 Å². The highest BCUT2D eigenvalue weighted by Gasteiger charge is 2.43. The molecule has 1 unspecified atom stereocenters. The molecule has 1 saturated heterocycles. The van der Waals surface area contributed by atoms with Gasteiger partial charge in [-0.05, 0) is 74.1 Å². The minimum Gasteiger partial charge on any atom is -0.497 e. The molecule has 0 saturated carbocycles. The number of hydrogen-bond acceptors (Lipinski definition) is 6. The number of unbranched alkanes of at least 4 members (excludes halogenated alkanes) is 4. The summed E-state index contributed by atoms with van der Waals surface area (Å²) in [4.78, 5) is 41.8. The van der Waals surface area contributed by atoms with Crippen molar-refractivity contribution in [2.75, 3.05) is 30.5 Å². The zero-order chi connectivity index (χ0) is 26.8. The van der Waals surface area contributed by atoms with Gasteiger partial charge in [0.1, 0.15) is 11.8 Å². The van der Waals surface area contributed by atoms with E-state index >= 15 is 0 Å². The summed E-state index contributed by atoms with van der Waals surface area (Å²) >= 11 is 5.73. The van der Waals surface area contributed by atoms with Crippen LogP contribution in [0.2, 0.25) is 0 Å². The van der Waals surface area contributed by atoms with Gasteiger partial charge in [-0.1, -0.05) is 32.6 Å². The minimum absolute atomic E-state index is 0.0304. The molecule has 1 atom stereocenters. The molecule has 1 N–H and O–H groups in total. The second-order valence-corrected chi connectivity index (χ2v) is 9.19. The number of ether oxygens (including phenoxy) is 2. The summed E-state index contributed by atoms with van der Waals surface area (Å²) in [5.41, 5.74) is 1.57. The number of esters is 1. The highest BCUT2D eigenvalue weighted by molar-refractivity contribution is 7.80. The summed E-state index contributed by atoms with van der Waals surface area (Å²) in [6, 6.07) is 12.9. The number of hydrogen-bond donors (Lipinski definition) is 1. The fourth-order valence-corrected chi connectivity index (χ4v) is 4.65. The number of thiocarbonyl (C=S) groups is 1. The predicted molar refractivity (Wildman–Crippen MR) is 148 cm³/mol. The summed E-state index contributed by atoms with van der Waals surface area (Å²) in [7, 11) is 1.58. The number of nitrogens with one attached hydrogen (secondary N) is 1. The minimum atomic E-state index is -0.707. The average molecular weight is 526 g/mol. The molecule has 1 heterocycles. The van der Waals surface area contributed by atoms with E-state index < -0.39 is 12.0 Å². The van der Waals surface area contributed by atoms with Gasteiger partial charge in [-0.25, -0.2) is 4.79 Å². The van der Waals surface area contributed by atoms with Crippen LogP contribution in [0.5, 0.6) is 5.75 Å². The summed E-state index contributed by atoms with van der Waals surface area (Å²) in [6.07, 6.45) is 5.30. The first-order valence-corrected chi connectivity index (χ1v) is 13.2. The lowest BCUT2D eigenvalue weighted by Crippen LogP contribution is -2.38. The Balaban J connectivity index is 1.76. The average Bonchev–Trinajstić information content (AvgIpc) is 3.13. The summed E-state index contributed by atoms with van der Waals surface area (Å²) in [5.74, 6) is -0.270. The smallest absolute Gasteiger partial charge is 0.338 e. The Bertz CT molecular complexity index is 1090. The summed E-state index contributed by atoms with van der Waals surface area (Å²) < 4.78 is 10.2. The lowest BCUT2D eigenvalue weighted by molar-refractivity contribution is -0.124. The van der Waals surface area contributed by atoms with Gasteiger partial charge in [0, 0.05) is 12.2 Å². The fourth-order valence-electron chi connectivity index (χ4n) is 4.23. The fraction of sp³-hybridized carbons (Fsp3) is 0.429. The zero-order valence-corrected chi connectivity index (χ0v) is 22.5. The van der Waals surface area contributed by atoms with Gasteiger partial charge in [0.15, 0.2) is 5.11 Å². The van der Waals surface area contributed by atoms with E-state index in [-0.39, 0.29) is 24.8 Å². The first-order chi connectivity index (χ1) is 17.9. The number of anilines is 2. The van der Waals surface area contributed by atoms with Crippen molar-refractivity contribution in [1.29, 1.82) is 0 Å². The normalized spacial score (nSPS) is 15.2. The van der Waals surface area contributed by atoms with Crippen molar-refractivity contribution < 1.29 is 23.9 Å². The van der Waals surface area contributed by atoms with E-state index in [4.69, 9.17) is 21.7 Å². The topological polar surface area (TPSA) is 88.2 Å². The van der Waals surface area contributed by atoms with Crippen LogP contribution in [0.25, 0.3) is 0 Å². The van der Waals surface area contributed by atoms with E-state index in [1.54, 1.807) is 62.6 Å². The molecule has 2 amide bonds. The van der Waals surface area contributed by atoms with Gasteiger partial charge in [-0.2, -0.15) is 0 Å². The van der Waals surface area contributed by atoms with E-state index in [0.717, 1.165) is 32.1 Å². The summed E-state index contributed by atoms with van der Waals surface area (Å²) in [6.45, 7) is 4.78. The summed E-state index contributed by atoms with van der Waals surface area (Å²) in [5, 5.41) is 3.23. The highest BCUT2D eigenvalue weighted by Crippen LogP contribution is 2.28. The van der Waals surface area contributed by atoms with Crippen LogP contribution in [0.4, 0.5) is 11.4 Å². The van der Waals surface area contributed by atoms with E-state index in [0.29, 0.717) is 34.3 Å². The van der Waals surface area contributed by atoms with E-state index in [1.807, 2.05) is 4.90 Å². The number of methoxy groups -OCH3 is 1. The molecule has 1 fully saturated rings. The predicted octanol–water partition coefficient (Wildman–Crippen LogP) is 5.17. The number of carbonyl (C=O) groups is 3. The lowest BCUT2D eigenvalue weighted by atomic mass is 10.1. The largest absolute Gasteiger partial charge is 0.497 e. The maximum Gasteiger partial charge on any atom is 0.338 e. The standard InChI is InChI=1S/C28H35N3O5S/c1-4-6-7-8-9-18-30-24(19-25(32)29-21-12-16-23(35-3)17-13-21)26(33)31(28(30)37)22-14-10-20(11-15-22)27(34)36-5-2/h10-17,24H,4-9,18-19H2,1-3H3,(H,29,32). The molecule has 0 spiro atoms. The highest BCUT2D eigenvalue weighted by atomic mass is 32.1. The molecule has 0 aromatic heterocycles. The molecule has 1 aliphatic heterocycles. The van der Waals surface area contributed by atoms with Gasteiger partial charge in [0.05, 0.1) is 31.4 Å². The third-order valence-electron chi connectivity index (χ3n) is 6.21. The third-order valence-corrected chi connectivity index (χ3v) is 6.63. The van der Waals surface area contributed by atoms with Crippen molar-refractivity contribution in [1.82, 2.24) is 4.90 Å². The Kier molecular flexibility index (Phi) is 10.4. The van der Waals surface area contributed by atoms with Crippen molar-refractivity contribution in [3.63, 3.8) is 0 Å². The van der Waals surface area contributed by atoms with Crippen LogP contribution in [-0.4, -0.2) is 54.1 Å². The number of benzene rings is 2. The van der Waals surface area contributed by atoms with Crippen molar-refractivity contribution >= 4 is 46.5 Å². The molecule has 1 aliphatic rings. The number of nitrogens with zero attached hydrogens (tertiary/aromatic N) is 2. The van der Waals surface area contributed by atoms with Gasteiger partial charge in [0.2, 0.25) is 5.91 Å². The Morgan fingerprint density at radius 3 is 2.27 bits per heavy atom. The maximum absolute atomic E-state index is 13.6. The van der Waals surface area contributed by atoms with E-state index in [9.17, 15) is 14.4 Å². The first-order valence-electron chi connectivity index (χ1n) is 12.7. The van der Waals surface area contributed by atoms with Crippen LogP contribution in [0.3, 0.4) is 0 Å². The second-order valence-electron chi connectivity index (χ2n) is 8.83. The van der Waals surface area contributed by atoms with Crippen LogP contribution in [0, 0.1) is 0 Å². The molecule has 8 nitrogen and oxygen atoms in total. The molecular weight excluding hydrogens is 490 g/mol. The molecule has 3 rings (SSSR count). The Hall–Kier alpha value is -3.46. The number of carbonyl (C=O) groups excluding carboxylic acids is 3. The molecule has 198 valence electrons. The molecule has 37 heavy (non-hydrogen) atoms. The van der Waals surface area contributed by atoms with E-state index in [2.05, 4.69) is 12.2 Å². The molecular formula is C28H35N3O5S. The second kappa shape index (κ2) is 13.7. The van der Waals surface area contributed by atoms with Gasteiger partial charge in [-0.15, -0.1) is 0 Å². The van der Waals surface area contributed by atoms with Crippen LogP contribution < -0.4 is 15.0 Å². The van der Waals surface area contributed by atoms with Gasteiger partial charge < -0.3 is 19.7 Å². The van der Waals surface area contributed by atoms with Crippen molar-refractivity contribution in [2.45, 2.75) is 58.4 Å². The Morgan fingerprint density at radius 2 is 1.65 bits per heavy atom. The SMILES string of the molecule is CCCCCCCN1C(=S)N(c2ccc(C(=O)OCC)cc2)C(=O)C1CC(=O)Nc1ccc(OC)cc1. The quantitative estimate of drug-likeness (QED) is 0.219. The van der Waals surface area contributed by atoms with Crippen molar-refractivity contribution in [3.05, 3.63) is 54.1 Å². The molecule has 0 bridgehead atoms. The van der Waals surface area contributed by atoms with Crippen LogP contribution in [0.1, 0.15) is 62.7 Å². The van der Waals surface area contributed by atoms with Crippen LogP contribution >= 0.6 is 12.2 Å². The third kappa shape index (κ3) is 7.29. The number of amides is 2. The van der Waals surface area contributed by atoms with Crippen molar-refractivity contribution in [2.24, 2.45) is 0 Å². The Morgan fingerprint density at radius 1 is 0.973 bits per heavy atom. The molecule has 2 aromatic rings. The van der Waals surface area contributed by atoms with Gasteiger partial charge in [-0.3, -0.25) is 14.5 Å². The van der Waals surface area contributed by atoms with E-state index in [1.165, 1.54) is 4.90 Å². The molecule has 2 aromatic carbocycles.